The van der Waals surface area contributed by atoms with Crippen LogP contribution < -0.4 is 4.74 Å². The average Bonchev–Trinajstić information content (AvgIpc) is 3.52. The normalized spacial score (nSPS) is 16.4. The molecule has 146 valence electrons. The predicted octanol–water partition coefficient (Wildman–Crippen LogP) is 3.64. The second-order valence-electron chi connectivity index (χ2n) is 7.39. The number of hydrogen-bond donors (Lipinski definition) is 0. The first-order valence-electron chi connectivity index (χ1n) is 9.45. The molecule has 1 heterocycles. The standard InChI is InChI=1S/C22H22FNO4/c1-27-22(26)18-9-17(15-7-8-15)20(10-19(18)23)28-13-14-11-24(12-14)21(25)16-5-3-2-4-6-16/h2-6,9-10,14-15H,7-8,11-13H2,1H3. The van der Waals surface area contributed by atoms with Gasteiger partial charge in [-0.25, -0.2) is 9.18 Å². The van der Waals surface area contributed by atoms with Crippen LogP contribution in [0, 0.1) is 11.7 Å². The Kier molecular flexibility index (Phi) is 5.03. The highest BCUT2D eigenvalue weighted by Gasteiger charge is 2.33. The molecular formula is C22H22FNO4. The third-order valence-corrected chi connectivity index (χ3v) is 5.26. The number of benzene rings is 2. The first-order valence-corrected chi connectivity index (χ1v) is 9.45. The van der Waals surface area contributed by atoms with Crippen LogP contribution in [-0.4, -0.2) is 43.6 Å². The monoisotopic (exact) mass is 383 g/mol. The van der Waals surface area contributed by atoms with Gasteiger partial charge in [0.05, 0.1) is 19.3 Å². The van der Waals surface area contributed by atoms with Crippen LogP contribution in [0.2, 0.25) is 0 Å². The molecule has 1 aliphatic heterocycles. The number of hydrogen-bond acceptors (Lipinski definition) is 4. The van der Waals surface area contributed by atoms with E-state index in [0.717, 1.165) is 18.4 Å². The van der Waals surface area contributed by atoms with Gasteiger partial charge >= 0.3 is 5.97 Å². The number of likely N-dealkylation sites (tertiary alicyclic amines) is 1. The molecule has 28 heavy (non-hydrogen) atoms. The van der Waals surface area contributed by atoms with Gasteiger partial charge in [0.25, 0.3) is 5.91 Å². The van der Waals surface area contributed by atoms with E-state index >= 15 is 0 Å². The molecular weight excluding hydrogens is 361 g/mol. The number of carbonyl (C=O) groups is 2. The Labute approximate surface area is 163 Å². The molecule has 0 atom stereocenters. The smallest absolute Gasteiger partial charge is 0.340 e. The van der Waals surface area contributed by atoms with Gasteiger partial charge in [0, 0.05) is 30.6 Å². The Morgan fingerprint density at radius 2 is 1.86 bits per heavy atom. The zero-order valence-electron chi connectivity index (χ0n) is 15.7. The minimum absolute atomic E-state index is 0.0176. The lowest BCUT2D eigenvalue weighted by molar-refractivity contribution is 0.0392. The second-order valence-corrected chi connectivity index (χ2v) is 7.39. The molecule has 1 saturated carbocycles. The lowest BCUT2D eigenvalue weighted by atomic mass is 9.99. The topological polar surface area (TPSA) is 55.8 Å². The highest BCUT2D eigenvalue weighted by Crippen LogP contribution is 2.45. The fourth-order valence-electron chi connectivity index (χ4n) is 3.49. The van der Waals surface area contributed by atoms with Crippen LogP contribution in [0.15, 0.2) is 42.5 Å². The van der Waals surface area contributed by atoms with E-state index in [9.17, 15) is 14.0 Å². The number of halogens is 1. The summed E-state index contributed by atoms with van der Waals surface area (Å²) in [6.07, 6.45) is 2.01. The fourth-order valence-corrected chi connectivity index (χ4v) is 3.49. The number of ether oxygens (including phenoxy) is 2. The van der Waals surface area contributed by atoms with Crippen molar-refractivity contribution in [3.05, 3.63) is 65.0 Å². The third kappa shape index (κ3) is 3.72. The van der Waals surface area contributed by atoms with Crippen molar-refractivity contribution in [1.29, 1.82) is 0 Å². The van der Waals surface area contributed by atoms with Gasteiger partial charge in [-0.2, -0.15) is 0 Å². The lowest BCUT2D eigenvalue weighted by Crippen LogP contribution is -2.52. The Hall–Kier alpha value is -2.89. The molecule has 2 aromatic carbocycles. The van der Waals surface area contributed by atoms with E-state index in [-0.39, 0.29) is 17.4 Å². The largest absolute Gasteiger partial charge is 0.493 e. The summed E-state index contributed by atoms with van der Waals surface area (Å²) in [4.78, 5) is 25.9. The van der Waals surface area contributed by atoms with Crippen molar-refractivity contribution >= 4 is 11.9 Å². The first-order chi connectivity index (χ1) is 13.6. The van der Waals surface area contributed by atoms with Crippen molar-refractivity contribution < 1.29 is 23.5 Å². The quantitative estimate of drug-likeness (QED) is 0.715. The molecule has 1 aliphatic carbocycles. The van der Waals surface area contributed by atoms with E-state index < -0.39 is 11.8 Å². The van der Waals surface area contributed by atoms with Crippen LogP contribution in [0.4, 0.5) is 4.39 Å². The van der Waals surface area contributed by atoms with E-state index in [2.05, 4.69) is 4.74 Å². The Morgan fingerprint density at radius 3 is 2.50 bits per heavy atom. The molecule has 2 aliphatic rings. The van der Waals surface area contributed by atoms with E-state index in [0.29, 0.717) is 36.9 Å². The van der Waals surface area contributed by atoms with Gasteiger partial charge in [-0.3, -0.25) is 4.79 Å². The fraction of sp³-hybridized carbons (Fsp3) is 0.364. The van der Waals surface area contributed by atoms with Gasteiger partial charge in [0.1, 0.15) is 11.6 Å². The Balaban J connectivity index is 1.37. The molecule has 2 aromatic rings. The summed E-state index contributed by atoms with van der Waals surface area (Å²) in [7, 11) is 1.24. The molecule has 0 aromatic heterocycles. The van der Waals surface area contributed by atoms with Crippen LogP contribution >= 0.6 is 0 Å². The highest BCUT2D eigenvalue weighted by molar-refractivity contribution is 5.94. The van der Waals surface area contributed by atoms with Crippen molar-refractivity contribution in [2.75, 3.05) is 26.8 Å². The van der Waals surface area contributed by atoms with Crippen LogP contribution in [0.3, 0.4) is 0 Å². The van der Waals surface area contributed by atoms with Crippen LogP contribution in [0.25, 0.3) is 0 Å². The van der Waals surface area contributed by atoms with Crippen molar-refractivity contribution in [2.45, 2.75) is 18.8 Å². The summed E-state index contributed by atoms with van der Waals surface area (Å²) in [5.74, 6) is -0.301. The maximum atomic E-state index is 14.3. The maximum absolute atomic E-state index is 14.3. The second kappa shape index (κ2) is 7.62. The summed E-state index contributed by atoms with van der Waals surface area (Å²) in [6.45, 7) is 1.65. The van der Waals surface area contributed by atoms with Crippen LogP contribution in [0.1, 0.15) is 45.0 Å². The molecule has 0 unspecified atom stereocenters. The van der Waals surface area contributed by atoms with Gasteiger partial charge in [0.15, 0.2) is 0 Å². The van der Waals surface area contributed by atoms with Gasteiger partial charge in [-0.15, -0.1) is 0 Å². The van der Waals surface area contributed by atoms with E-state index in [1.807, 2.05) is 18.2 Å². The zero-order valence-corrected chi connectivity index (χ0v) is 15.7. The number of nitrogens with zero attached hydrogens (tertiary/aromatic N) is 1. The minimum atomic E-state index is -0.681. The van der Waals surface area contributed by atoms with Gasteiger partial charge in [-0.05, 0) is 42.5 Å². The number of methoxy groups -OCH3 is 1. The SMILES string of the molecule is COC(=O)c1cc(C2CC2)c(OCC2CN(C(=O)c3ccccc3)C2)cc1F. The van der Waals surface area contributed by atoms with Crippen molar-refractivity contribution in [2.24, 2.45) is 5.92 Å². The predicted molar refractivity (Wildman–Crippen MR) is 101 cm³/mol. The van der Waals surface area contributed by atoms with Crippen LogP contribution in [0.5, 0.6) is 5.75 Å². The molecule has 4 rings (SSSR count). The van der Waals surface area contributed by atoms with Crippen molar-refractivity contribution in [1.82, 2.24) is 4.90 Å². The van der Waals surface area contributed by atoms with Gasteiger partial charge in [-0.1, -0.05) is 18.2 Å². The molecule has 5 nitrogen and oxygen atoms in total. The van der Waals surface area contributed by atoms with E-state index in [1.165, 1.54) is 13.2 Å². The molecule has 1 saturated heterocycles. The van der Waals surface area contributed by atoms with Crippen molar-refractivity contribution in [3.8, 4) is 5.75 Å². The zero-order chi connectivity index (χ0) is 19.7. The molecule has 0 bridgehead atoms. The van der Waals surface area contributed by atoms with Crippen molar-refractivity contribution in [3.63, 3.8) is 0 Å². The van der Waals surface area contributed by atoms with Gasteiger partial charge < -0.3 is 14.4 Å². The average molecular weight is 383 g/mol. The van der Waals surface area contributed by atoms with E-state index in [4.69, 9.17) is 4.74 Å². The molecule has 2 fully saturated rings. The maximum Gasteiger partial charge on any atom is 0.340 e. The number of carbonyl (C=O) groups excluding carboxylic acids is 2. The first kappa shape index (κ1) is 18.5. The Bertz CT molecular complexity index is 889. The number of rotatable bonds is 6. The van der Waals surface area contributed by atoms with Gasteiger partial charge in [0.2, 0.25) is 0 Å². The summed E-state index contributed by atoms with van der Waals surface area (Å²) in [6, 6.07) is 12.0. The third-order valence-electron chi connectivity index (χ3n) is 5.26. The summed E-state index contributed by atoms with van der Waals surface area (Å²) in [5.41, 5.74) is 1.48. The summed E-state index contributed by atoms with van der Waals surface area (Å²) < 4.78 is 24.8. The molecule has 0 N–H and O–H groups in total. The molecule has 1 amide bonds. The molecule has 0 spiro atoms. The van der Waals surface area contributed by atoms with E-state index in [1.54, 1.807) is 23.1 Å². The summed E-state index contributed by atoms with van der Waals surface area (Å²) in [5, 5.41) is 0. The highest BCUT2D eigenvalue weighted by atomic mass is 19.1. The number of amides is 1. The lowest BCUT2D eigenvalue weighted by Gasteiger charge is -2.39. The number of esters is 1. The van der Waals surface area contributed by atoms with Crippen LogP contribution in [-0.2, 0) is 4.74 Å². The Morgan fingerprint density at radius 1 is 1.14 bits per heavy atom. The minimum Gasteiger partial charge on any atom is -0.493 e. The molecule has 0 radical (unpaired) electrons. The summed E-state index contributed by atoms with van der Waals surface area (Å²) >= 11 is 0. The molecule has 6 heteroatoms.